The molecule has 2 saturated carbocycles. The van der Waals surface area contributed by atoms with Gasteiger partial charge in [-0.3, -0.25) is 9.59 Å². The van der Waals surface area contributed by atoms with E-state index in [9.17, 15) is 14.7 Å². The van der Waals surface area contributed by atoms with E-state index in [-0.39, 0.29) is 11.8 Å². The average Bonchev–Trinajstić information content (AvgIpc) is 3.08. The quantitative estimate of drug-likeness (QED) is 0.928. The standard InChI is InChI=1S/C20H25NO3/c1-13-8-14(2)10-16(9-13)19(6-7-19)17(22)21-11-15-4-3-5-20(15,12-21)18(23)24/h8-10,15H,3-7,11-12H2,1-2H3,(H,23,24)/t15-,20+/m0/s1. The van der Waals surface area contributed by atoms with Gasteiger partial charge in [-0.15, -0.1) is 0 Å². The maximum absolute atomic E-state index is 13.3. The van der Waals surface area contributed by atoms with Crippen molar-refractivity contribution >= 4 is 11.9 Å². The molecule has 3 fully saturated rings. The molecular formula is C20H25NO3. The van der Waals surface area contributed by atoms with Crippen LogP contribution in [-0.2, 0) is 15.0 Å². The number of likely N-dealkylation sites (tertiary alicyclic amines) is 1. The summed E-state index contributed by atoms with van der Waals surface area (Å²) < 4.78 is 0. The van der Waals surface area contributed by atoms with E-state index >= 15 is 0 Å². The lowest BCUT2D eigenvalue weighted by Gasteiger charge is -2.26. The highest BCUT2D eigenvalue weighted by molar-refractivity contribution is 5.92. The summed E-state index contributed by atoms with van der Waals surface area (Å²) in [4.78, 5) is 27.0. The smallest absolute Gasteiger partial charge is 0.311 e. The Labute approximate surface area is 142 Å². The molecule has 0 aromatic heterocycles. The van der Waals surface area contributed by atoms with E-state index in [1.165, 1.54) is 11.1 Å². The van der Waals surface area contributed by atoms with Crippen LogP contribution in [0.5, 0.6) is 0 Å². The highest BCUT2D eigenvalue weighted by Crippen LogP contribution is 2.54. The van der Waals surface area contributed by atoms with Crippen LogP contribution < -0.4 is 0 Å². The topological polar surface area (TPSA) is 57.6 Å². The summed E-state index contributed by atoms with van der Waals surface area (Å²) in [5, 5.41) is 9.74. The molecule has 1 N–H and O–H groups in total. The minimum absolute atomic E-state index is 0.133. The predicted molar refractivity (Wildman–Crippen MR) is 90.8 cm³/mol. The fraction of sp³-hybridized carbons (Fsp3) is 0.600. The molecule has 1 saturated heterocycles. The van der Waals surface area contributed by atoms with E-state index in [0.29, 0.717) is 19.5 Å². The number of fused-ring (bicyclic) bond motifs is 1. The third-order valence-corrected chi connectivity index (χ3v) is 6.52. The minimum atomic E-state index is -0.712. The summed E-state index contributed by atoms with van der Waals surface area (Å²) >= 11 is 0. The molecule has 4 heteroatoms. The Morgan fingerprint density at radius 2 is 1.79 bits per heavy atom. The number of aryl methyl sites for hydroxylation is 2. The minimum Gasteiger partial charge on any atom is -0.481 e. The van der Waals surface area contributed by atoms with Crippen LogP contribution in [0.25, 0.3) is 0 Å². The first-order chi connectivity index (χ1) is 11.4. The van der Waals surface area contributed by atoms with Gasteiger partial charge in [-0.25, -0.2) is 0 Å². The van der Waals surface area contributed by atoms with E-state index in [2.05, 4.69) is 32.0 Å². The third kappa shape index (κ3) is 2.11. The zero-order valence-electron chi connectivity index (χ0n) is 14.5. The molecule has 24 heavy (non-hydrogen) atoms. The van der Waals surface area contributed by atoms with E-state index in [1.54, 1.807) is 0 Å². The first kappa shape index (κ1) is 15.7. The van der Waals surface area contributed by atoms with Crippen LogP contribution in [-0.4, -0.2) is 35.0 Å². The molecule has 2 atom stereocenters. The molecule has 0 unspecified atom stereocenters. The van der Waals surface area contributed by atoms with Gasteiger partial charge in [0.1, 0.15) is 0 Å². The number of hydrogen-bond donors (Lipinski definition) is 1. The molecule has 4 nitrogen and oxygen atoms in total. The number of benzene rings is 1. The molecular weight excluding hydrogens is 302 g/mol. The second kappa shape index (κ2) is 5.08. The van der Waals surface area contributed by atoms with Crippen molar-refractivity contribution in [3.63, 3.8) is 0 Å². The fourth-order valence-corrected chi connectivity index (χ4v) is 5.10. The van der Waals surface area contributed by atoms with Crippen LogP contribution in [0.1, 0.15) is 48.8 Å². The van der Waals surface area contributed by atoms with E-state index in [1.807, 2.05) is 4.90 Å². The molecule has 128 valence electrons. The lowest BCUT2D eigenvalue weighted by atomic mass is 9.81. The first-order valence-corrected chi connectivity index (χ1v) is 8.99. The molecule has 1 aromatic carbocycles. The zero-order chi connectivity index (χ0) is 17.1. The molecule has 4 rings (SSSR count). The van der Waals surface area contributed by atoms with Crippen molar-refractivity contribution < 1.29 is 14.7 Å². The highest BCUT2D eigenvalue weighted by atomic mass is 16.4. The summed E-state index contributed by atoms with van der Waals surface area (Å²) in [6.07, 6.45) is 4.40. The lowest BCUT2D eigenvalue weighted by Crippen LogP contribution is -2.41. The Morgan fingerprint density at radius 3 is 2.33 bits per heavy atom. The summed E-state index contributed by atoms with van der Waals surface area (Å²) in [7, 11) is 0. The molecule has 1 aliphatic heterocycles. The number of amides is 1. The van der Waals surface area contributed by atoms with Gasteiger partial charge in [0.15, 0.2) is 0 Å². The van der Waals surface area contributed by atoms with Crippen LogP contribution in [0.4, 0.5) is 0 Å². The number of carbonyl (C=O) groups is 2. The van der Waals surface area contributed by atoms with E-state index in [0.717, 1.165) is 31.2 Å². The normalized spacial score (nSPS) is 30.2. The zero-order valence-corrected chi connectivity index (χ0v) is 14.5. The third-order valence-electron chi connectivity index (χ3n) is 6.52. The van der Waals surface area contributed by atoms with E-state index in [4.69, 9.17) is 0 Å². The SMILES string of the molecule is Cc1cc(C)cc(C2(C(=O)N3C[C@@H]4CCC[C@@]4(C(=O)O)C3)CC2)c1. The fourth-order valence-electron chi connectivity index (χ4n) is 5.10. The second-order valence-corrected chi connectivity index (χ2v) is 8.19. The Hall–Kier alpha value is -1.84. The Kier molecular flexibility index (Phi) is 3.32. The van der Waals surface area contributed by atoms with Crippen molar-refractivity contribution in [2.45, 2.75) is 51.4 Å². The van der Waals surface area contributed by atoms with Gasteiger partial charge in [0.05, 0.1) is 10.8 Å². The summed E-state index contributed by atoms with van der Waals surface area (Å²) in [5.41, 5.74) is 2.41. The van der Waals surface area contributed by atoms with Crippen LogP contribution >= 0.6 is 0 Å². The number of aliphatic carboxylic acids is 1. The molecule has 0 radical (unpaired) electrons. The van der Waals surface area contributed by atoms with Crippen molar-refractivity contribution in [2.24, 2.45) is 11.3 Å². The maximum atomic E-state index is 13.3. The van der Waals surface area contributed by atoms with Crippen molar-refractivity contribution in [1.82, 2.24) is 4.90 Å². The molecule has 1 aromatic rings. The number of hydrogen-bond acceptors (Lipinski definition) is 2. The second-order valence-electron chi connectivity index (χ2n) is 8.19. The highest BCUT2D eigenvalue weighted by Gasteiger charge is 2.60. The average molecular weight is 327 g/mol. The van der Waals surface area contributed by atoms with Gasteiger partial charge >= 0.3 is 5.97 Å². The molecule has 1 heterocycles. The number of carbonyl (C=O) groups excluding carboxylic acids is 1. The van der Waals surface area contributed by atoms with Gasteiger partial charge in [0.2, 0.25) is 5.91 Å². The predicted octanol–water partition coefficient (Wildman–Crippen LogP) is 3.05. The van der Waals surface area contributed by atoms with Gasteiger partial charge in [-0.05, 0) is 51.0 Å². The summed E-state index contributed by atoms with van der Waals surface area (Å²) in [6.45, 7) is 5.16. The molecule has 0 bridgehead atoms. The summed E-state index contributed by atoms with van der Waals surface area (Å²) in [6, 6.07) is 6.38. The van der Waals surface area contributed by atoms with Gasteiger partial charge in [-0.1, -0.05) is 35.7 Å². The van der Waals surface area contributed by atoms with Crippen molar-refractivity contribution in [3.8, 4) is 0 Å². The van der Waals surface area contributed by atoms with Crippen LogP contribution in [0.15, 0.2) is 18.2 Å². The van der Waals surface area contributed by atoms with Gasteiger partial charge in [0.25, 0.3) is 0 Å². The van der Waals surface area contributed by atoms with E-state index < -0.39 is 16.8 Å². The molecule has 1 amide bonds. The largest absolute Gasteiger partial charge is 0.481 e. The van der Waals surface area contributed by atoms with Crippen molar-refractivity contribution in [1.29, 1.82) is 0 Å². The van der Waals surface area contributed by atoms with Gasteiger partial charge < -0.3 is 10.0 Å². The first-order valence-electron chi connectivity index (χ1n) is 8.99. The molecule has 2 aliphatic carbocycles. The van der Waals surface area contributed by atoms with Gasteiger partial charge in [0, 0.05) is 13.1 Å². The van der Waals surface area contributed by atoms with Crippen molar-refractivity contribution in [3.05, 3.63) is 34.9 Å². The molecule has 3 aliphatic rings. The summed E-state index contributed by atoms with van der Waals surface area (Å²) in [5.74, 6) is -0.423. The monoisotopic (exact) mass is 327 g/mol. The van der Waals surface area contributed by atoms with Gasteiger partial charge in [-0.2, -0.15) is 0 Å². The number of carboxylic acid groups (broad SMARTS) is 1. The Bertz CT molecular complexity index is 701. The molecule has 0 spiro atoms. The van der Waals surface area contributed by atoms with Crippen molar-refractivity contribution in [2.75, 3.05) is 13.1 Å². The number of carboxylic acids is 1. The maximum Gasteiger partial charge on any atom is 0.311 e. The lowest BCUT2D eigenvalue weighted by molar-refractivity contribution is -0.149. The Balaban J connectivity index is 1.62. The number of nitrogens with zero attached hydrogens (tertiary/aromatic N) is 1. The number of rotatable bonds is 3. The van der Waals surface area contributed by atoms with Crippen LogP contribution in [0.3, 0.4) is 0 Å². The van der Waals surface area contributed by atoms with Crippen LogP contribution in [0, 0.1) is 25.2 Å². The van der Waals surface area contributed by atoms with Crippen LogP contribution in [0.2, 0.25) is 0 Å². The Morgan fingerprint density at radius 1 is 1.12 bits per heavy atom.